The number of urea groups is 1. The summed E-state index contributed by atoms with van der Waals surface area (Å²) in [5.74, 6) is -0.517. The van der Waals surface area contributed by atoms with Gasteiger partial charge in [-0.05, 0) is 30.2 Å². The number of nitrogens with one attached hydrogen (secondary N) is 1. The fourth-order valence-corrected chi connectivity index (χ4v) is 4.49. The molecule has 1 saturated carbocycles. The first-order chi connectivity index (χ1) is 13.7. The van der Waals surface area contributed by atoms with Crippen LogP contribution in [0, 0.1) is 5.41 Å². The van der Waals surface area contributed by atoms with Crippen LogP contribution in [-0.4, -0.2) is 60.1 Å². The van der Waals surface area contributed by atoms with Crippen LogP contribution in [0.1, 0.15) is 30.9 Å². The molecular formula is C17H22N4O7S. The van der Waals surface area contributed by atoms with Crippen molar-refractivity contribution in [3.8, 4) is 0 Å². The monoisotopic (exact) mass is 426 g/mol. The predicted octanol–water partition coefficient (Wildman–Crippen LogP) is 0.127. The van der Waals surface area contributed by atoms with Crippen LogP contribution in [0.4, 0.5) is 4.79 Å². The fourth-order valence-electron chi connectivity index (χ4n) is 4.12. The maximum absolute atomic E-state index is 12.7. The topological polar surface area (TPSA) is 151 Å². The highest BCUT2D eigenvalue weighted by atomic mass is 32.3. The van der Waals surface area contributed by atoms with E-state index in [4.69, 9.17) is 15.1 Å². The average Bonchev–Trinajstić information content (AvgIpc) is 3.39. The highest BCUT2D eigenvalue weighted by Crippen LogP contribution is 2.59. The molecule has 3 amide bonds. The molecule has 12 heteroatoms. The number of amides is 3. The summed E-state index contributed by atoms with van der Waals surface area (Å²) in [7, 11) is -4.85. The Morgan fingerprint density at radius 2 is 2.03 bits per heavy atom. The number of carbonyl (C=O) groups excluding carboxylic acids is 2. The Bertz CT molecular complexity index is 906. The summed E-state index contributed by atoms with van der Waals surface area (Å²) in [4.78, 5) is 31.7. The van der Waals surface area contributed by atoms with Gasteiger partial charge in [-0.25, -0.2) is 10.3 Å². The van der Waals surface area contributed by atoms with Crippen LogP contribution in [0.5, 0.6) is 0 Å². The summed E-state index contributed by atoms with van der Waals surface area (Å²) in [5.41, 5.74) is 8.82. The quantitative estimate of drug-likeness (QED) is 0.411. The van der Waals surface area contributed by atoms with E-state index in [-0.39, 0.29) is 13.2 Å². The number of fused-ring (bicyclic) bond motifs is 3. The summed E-state index contributed by atoms with van der Waals surface area (Å²) in [6.45, 7) is 0.179. The fraction of sp³-hybridized carbons (Fsp3) is 0.529. The SMILES string of the molecule is NC(CONC(=O)C1CC2(CC2)C2CN1C(=O)N2OS(=O)(=O)O)c1ccccc1. The van der Waals surface area contributed by atoms with Crippen LogP contribution < -0.4 is 11.2 Å². The maximum Gasteiger partial charge on any atom is 0.418 e. The Morgan fingerprint density at radius 1 is 1.34 bits per heavy atom. The van der Waals surface area contributed by atoms with E-state index in [2.05, 4.69) is 9.76 Å². The molecule has 0 radical (unpaired) electrons. The van der Waals surface area contributed by atoms with Gasteiger partial charge in [-0.2, -0.15) is 13.5 Å². The predicted molar refractivity (Wildman–Crippen MR) is 97.9 cm³/mol. The molecule has 3 atom stereocenters. The third kappa shape index (κ3) is 3.94. The molecule has 1 aromatic rings. The van der Waals surface area contributed by atoms with Crippen LogP contribution >= 0.6 is 0 Å². The molecule has 2 saturated heterocycles. The molecule has 2 heterocycles. The number of hydrogen-bond acceptors (Lipinski definition) is 7. The molecule has 3 unspecified atom stereocenters. The van der Waals surface area contributed by atoms with E-state index in [1.54, 1.807) is 0 Å². The molecule has 11 nitrogen and oxygen atoms in total. The number of nitrogens with two attached hydrogens (primary N) is 1. The number of hydroxylamine groups is 3. The summed E-state index contributed by atoms with van der Waals surface area (Å²) in [6, 6.07) is 6.68. The summed E-state index contributed by atoms with van der Waals surface area (Å²) < 4.78 is 35.7. The Balaban J connectivity index is 1.39. The number of piperidine rings is 1. The van der Waals surface area contributed by atoms with Gasteiger partial charge in [0.25, 0.3) is 5.91 Å². The number of nitrogens with zero attached hydrogens (tertiary/aromatic N) is 2. The third-order valence-electron chi connectivity index (χ3n) is 5.80. The van der Waals surface area contributed by atoms with E-state index >= 15 is 0 Å². The molecule has 29 heavy (non-hydrogen) atoms. The second kappa shape index (κ2) is 7.22. The highest BCUT2D eigenvalue weighted by molar-refractivity contribution is 7.80. The van der Waals surface area contributed by atoms with Crippen molar-refractivity contribution in [1.82, 2.24) is 15.4 Å². The Kier molecular flexibility index (Phi) is 4.99. The number of benzene rings is 1. The van der Waals surface area contributed by atoms with Crippen LogP contribution in [0.25, 0.3) is 0 Å². The van der Waals surface area contributed by atoms with Gasteiger partial charge in [-0.1, -0.05) is 30.3 Å². The van der Waals surface area contributed by atoms with Gasteiger partial charge >= 0.3 is 16.4 Å². The molecular weight excluding hydrogens is 404 g/mol. The second-order valence-corrected chi connectivity index (χ2v) is 8.66. The lowest BCUT2D eigenvalue weighted by molar-refractivity contribution is -0.140. The van der Waals surface area contributed by atoms with E-state index in [9.17, 15) is 18.0 Å². The Morgan fingerprint density at radius 3 is 2.66 bits per heavy atom. The number of carbonyl (C=O) groups is 2. The van der Waals surface area contributed by atoms with Crippen molar-refractivity contribution in [3.63, 3.8) is 0 Å². The zero-order valence-electron chi connectivity index (χ0n) is 15.4. The van der Waals surface area contributed by atoms with Crippen molar-refractivity contribution in [3.05, 3.63) is 35.9 Å². The number of rotatable bonds is 7. The van der Waals surface area contributed by atoms with Crippen LogP contribution in [0.3, 0.4) is 0 Å². The molecule has 0 aromatic heterocycles. The maximum atomic E-state index is 12.7. The second-order valence-electron chi connectivity index (χ2n) is 7.66. The van der Waals surface area contributed by atoms with Gasteiger partial charge in [0.2, 0.25) is 0 Å². The molecule has 1 aromatic carbocycles. The molecule has 3 aliphatic rings. The lowest BCUT2D eigenvalue weighted by Crippen LogP contribution is -2.52. The lowest BCUT2D eigenvalue weighted by atomic mass is 9.85. The molecule has 1 spiro atoms. The molecule has 3 fully saturated rings. The summed E-state index contributed by atoms with van der Waals surface area (Å²) in [5, 5.41) is 0.668. The van der Waals surface area contributed by atoms with E-state index in [1.165, 1.54) is 4.90 Å². The van der Waals surface area contributed by atoms with Crippen molar-refractivity contribution in [1.29, 1.82) is 0 Å². The minimum atomic E-state index is -4.85. The van der Waals surface area contributed by atoms with Crippen molar-refractivity contribution < 1.29 is 31.7 Å². The van der Waals surface area contributed by atoms with Crippen LogP contribution in [-0.2, 0) is 24.3 Å². The first-order valence-electron chi connectivity index (χ1n) is 9.19. The van der Waals surface area contributed by atoms with Crippen molar-refractivity contribution in [2.75, 3.05) is 13.2 Å². The van der Waals surface area contributed by atoms with E-state index in [0.29, 0.717) is 11.5 Å². The number of hydrogen-bond donors (Lipinski definition) is 3. The zero-order valence-corrected chi connectivity index (χ0v) is 16.2. The van der Waals surface area contributed by atoms with Crippen LogP contribution in [0.15, 0.2) is 30.3 Å². The molecule has 2 bridgehead atoms. The molecule has 2 aliphatic heterocycles. The first kappa shape index (κ1) is 20.0. The minimum Gasteiger partial charge on any atom is -0.322 e. The Hall–Kier alpha value is -2.25. The normalized spacial score (nSPS) is 25.9. The highest BCUT2D eigenvalue weighted by Gasteiger charge is 2.65. The van der Waals surface area contributed by atoms with E-state index in [1.807, 2.05) is 30.3 Å². The Labute approximate surface area is 167 Å². The van der Waals surface area contributed by atoms with E-state index in [0.717, 1.165) is 18.4 Å². The van der Waals surface area contributed by atoms with Gasteiger partial charge in [0.05, 0.1) is 18.7 Å². The van der Waals surface area contributed by atoms with Gasteiger partial charge in [-0.15, -0.1) is 4.28 Å². The summed E-state index contributed by atoms with van der Waals surface area (Å²) >= 11 is 0. The van der Waals surface area contributed by atoms with Gasteiger partial charge in [0.15, 0.2) is 0 Å². The van der Waals surface area contributed by atoms with Crippen LogP contribution in [0.2, 0.25) is 0 Å². The van der Waals surface area contributed by atoms with Gasteiger partial charge in [-0.3, -0.25) is 14.2 Å². The first-order valence-corrected chi connectivity index (χ1v) is 10.6. The molecule has 1 aliphatic carbocycles. The minimum absolute atomic E-state index is 0.0438. The third-order valence-corrected chi connectivity index (χ3v) is 6.15. The largest absolute Gasteiger partial charge is 0.418 e. The summed E-state index contributed by atoms with van der Waals surface area (Å²) in [6.07, 6.45) is 1.82. The zero-order chi connectivity index (χ0) is 20.8. The molecule has 4 rings (SSSR count). The van der Waals surface area contributed by atoms with E-state index < -0.39 is 45.9 Å². The van der Waals surface area contributed by atoms with Crippen molar-refractivity contribution >= 4 is 22.3 Å². The average molecular weight is 426 g/mol. The smallest absolute Gasteiger partial charge is 0.322 e. The van der Waals surface area contributed by atoms with Crippen molar-refractivity contribution in [2.24, 2.45) is 11.1 Å². The van der Waals surface area contributed by atoms with Gasteiger partial charge in [0.1, 0.15) is 6.04 Å². The lowest BCUT2D eigenvalue weighted by Gasteiger charge is -2.35. The van der Waals surface area contributed by atoms with Gasteiger partial charge in [0, 0.05) is 6.54 Å². The van der Waals surface area contributed by atoms with Crippen molar-refractivity contribution in [2.45, 2.75) is 37.4 Å². The molecule has 158 valence electrons. The molecule has 4 N–H and O–H groups in total. The standard InChI is InChI=1S/C17H22N4O7S/c18-12(11-4-2-1-3-5-11)10-27-19-15(22)13-8-17(6-7-17)14-9-20(13)16(23)21(14)28-29(24,25)26/h1-5,12-14H,6-10,18H2,(H,19,22)(H,24,25,26). The van der Waals surface area contributed by atoms with Gasteiger partial charge < -0.3 is 10.6 Å².